The molecule has 0 N–H and O–H groups in total. The smallest absolute Gasteiger partial charge is 0.306 e. The van der Waals surface area contributed by atoms with Crippen molar-refractivity contribution in [1.82, 2.24) is 0 Å². The van der Waals surface area contributed by atoms with Crippen LogP contribution in [0.1, 0.15) is 25.3 Å². The van der Waals surface area contributed by atoms with Crippen molar-refractivity contribution in [1.29, 1.82) is 0 Å². The van der Waals surface area contributed by atoms with Crippen LogP contribution in [0, 0.1) is 0 Å². The molecule has 74 valence electrons. The molecule has 0 saturated carbocycles. The average Bonchev–Trinajstić information content (AvgIpc) is 2.19. The number of esters is 1. The van der Waals surface area contributed by atoms with Crippen LogP contribution in [0.5, 0.6) is 0 Å². The van der Waals surface area contributed by atoms with Crippen molar-refractivity contribution in [2.24, 2.45) is 0 Å². The van der Waals surface area contributed by atoms with E-state index in [9.17, 15) is 4.79 Å². The lowest BCUT2D eigenvalue weighted by Crippen LogP contribution is -2.33. The molecule has 0 aliphatic carbocycles. The highest BCUT2D eigenvalue weighted by molar-refractivity contribution is 5.72. The highest BCUT2D eigenvalue weighted by Crippen LogP contribution is 2.34. The predicted octanol–water partition coefficient (Wildman–Crippen LogP) is 2.28. The molecule has 1 saturated heterocycles. The summed E-state index contributed by atoms with van der Waals surface area (Å²) in [5, 5.41) is 0. The maximum atomic E-state index is 11.2. The third kappa shape index (κ3) is 1.65. The van der Waals surface area contributed by atoms with Crippen LogP contribution in [0.4, 0.5) is 0 Å². The van der Waals surface area contributed by atoms with Gasteiger partial charge in [0.25, 0.3) is 0 Å². The van der Waals surface area contributed by atoms with E-state index in [2.05, 4.69) is 19.1 Å². The number of rotatable bonds is 1. The molecule has 0 spiro atoms. The van der Waals surface area contributed by atoms with E-state index in [1.165, 1.54) is 5.56 Å². The van der Waals surface area contributed by atoms with E-state index in [0.717, 1.165) is 6.42 Å². The van der Waals surface area contributed by atoms with E-state index in [0.29, 0.717) is 13.0 Å². The minimum absolute atomic E-state index is 0.0312. The predicted molar refractivity (Wildman–Crippen MR) is 54.0 cm³/mol. The first kappa shape index (κ1) is 9.25. The van der Waals surface area contributed by atoms with Gasteiger partial charge in [0.2, 0.25) is 0 Å². The Labute approximate surface area is 83.9 Å². The summed E-state index contributed by atoms with van der Waals surface area (Å²) in [5.74, 6) is -0.0809. The Morgan fingerprint density at radius 3 is 2.64 bits per heavy atom. The largest absolute Gasteiger partial charge is 0.466 e. The summed E-state index contributed by atoms with van der Waals surface area (Å²) < 4.78 is 4.96. The zero-order valence-electron chi connectivity index (χ0n) is 8.32. The number of benzene rings is 1. The van der Waals surface area contributed by atoms with Crippen LogP contribution < -0.4 is 0 Å². The molecule has 0 aromatic heterocycles. The molecule has 14 heavy (non-hydrogen) atoms. The number of hydrogen-bond acceptors (Lipinski definition) is 2. The van der Waals surface area contributed by atoms with Crippen molar-refractivity contribution in [2.75, 3.05) is 6.61 Å². The van der Waals surface area contributed by atoms with Crippen LogP contribution in [0.3, 0.4) is 0 Å². The summed E-state index contributed by atoms with van der Waals surface area (Å²) >= 11 is 0. The van der Waals surface area contributed by atoms with Gasteiger partial charge in [-0.15, -0.1) is 0 Å². The molecule has 1 aromatic carbocycles. The van der Waals surface area contributed by atoms with Gasteiger partial charge in [-0.1, -0.05) is 37.3 Å². The zero-order chi connectivity index (χ0) is 10.0. The number of cyclic esters (lactones) is 1. The van der Waals surface area contributed by atoms with Gasteiger partial charge < -0.3 is 4.74 Å². The van der Waals surface area contributed by atoms with Gasteiger partial charge in [-0.05, 0) is 12.0 Å². The van der Waals surface area contributed by atoms with E-state index < -0.39 is 0 Å². The molecular formula is C12H14O2. The molecule has 1 atom stereocenters. The number of hydrogen-bond donors (Lipinski definition) is 0. The summed E-state index contributed by atoms with van der Waals surface area (Å²) in [4.78, 5) is 11.2. The third-order valence-corrected chi connectivity index (χ3v) is 2.92. The van der Waals surface area contributed by atoms with Crippen LogP contribution in [0.15, 0.2) is 30.3 Å². The summed E-state index contributed by atoms with van der Waals surface area (Å²) in [5.41, 5.74) is 1.20. The normalized spacial score (nSPS) is 27.1. The van der Waals surface area contributed by atoms with Crippen molar-refractivity contribution in [3.63, 3.8) is 0 Å². The Bertz CT molecular complexity index is 331. The molecule has 0 unspecified atom stereocenters. The van der Waals surface area contributed by atoms with Gasteiger partial charge in [0.1, 0.15) is 0 Å². The molecule has 1 aliphatic heterocycles. The summed E-state index contributed by atoms with van der Waals surface area (Å²) in [6.45, 7) is 2.67. The summed E-state index contributed by atoms with van der Waals surface area (Å²) in [7, 11) is 0. The third-order valence-electron chi connectivity index (χ3n) is 2.92. The molecule has 2 heteroatoms. The van der Waals surface area contributed by atoms with Gasteiger partial charge in [0, 0.05) is 5.41 Å². The average molecular weight is 190 g/mol. The van der Waals surface area contributed by atoms with Crippen molar-refractivity contribution in [3.8, 4) is 0 Å². The van der Waals surface area contributed by atoms with Gasteiger partial charge >= 0.3 is 5.97 Å². The molecule has 1 aromatic rings. The van der Waals surface area contributed by atoms with Crippen LogP contribution in [0.2, 0.25) is 0 Å². The highest BCUT2D eigenvalue weighted by atomic mass is 16.5. The molecule has 1 aliphatic rings. The molecule has 1 fully saturated rings. The van der Waals surface area contributed by atoms with E-state index in [4.69, 9.17) is 4.74 Å². The fraction of sp³-hybridized carbons (Fsp3) is 0.417. The van der Waals surface area contributed by atoms with Gasteiger partial charge in [-0.3, -0.25) is 4.79 Å². The second kappa shape index (κ2) is 3.45. The molecule has 2 rings (SSSR count). The molecule has 0 amide bonds. The number of ether oxygens (including phenoxy) is 1. The fourth-order valence-corrected chi connectivity index (χ4v) is 1.94. The lowest BCUT2D eigenvalue weighted by molar-refractivity contribution is -0.149. The Balaban J connectivity index is 2.27. The molecule has 0 radical (unpaired) electrons. The van der Waals surface area contributed by atoms with Crippen LogP contribution >= 0.6 is 0 Å². The second-order valence-corrected chi connectivity index (χ2v) is 4.07. The van der Waals surface area contributed by atoms with Crippen LogP contribution in [0.25, 0.3) is 0 Å². The molecular weight excluding hydrogens is 176 g/mol. The van der Waals surface area contributed by atoms with Crippen LogP contribution in [-0.2, 0) is 14.9 Å². The van der Waals surface area contributed by atoms with Gasteiger partial charge in [-0.2, -0.15) is 0 Å². The van der Waals surface area contributed by atoms with Crippen molar-refractivity contribution >= 4 is 5.97 Å². The standard InChI is InChI=1S/C12H14O2/c1-12(7-8-14-11(13)9-12)10-5-3-2-4-6-10/h2-6H,7-9H2,1H3/t12-/m1/s1. The van der Waals surface area contributed by atoms with Crippen LogP contribution in [-0.4, -0.2) is 12.6 Å². The molecule has 0 bridgehead atoms. The van der Waals surface area contributed by atoms with E-state index in [-0.39, 0.29) is 11.4 Å². The lowest BCUT2D eigenvalue weighted by Gasteiger charge is -2.32. The maximum Gasteiger partial charge on any atom is 0.306 e. The Morgan fingerprint density at radius 1 is 1.29 bits per heavy atom. The Morgan fingerprint density at radius 2 is 2.00 bits per heavy atom. The Hall–Kier alpha value is -1.31. The second-order valence-electron chi connectivity index (χ2n) is 4.07. The first-order valence-corrected chi connectivity index (χ1v) is 4.92. The summed E-state index contributed by atoms with van der Waals surface area (Å²) in [6.07, 6.45) is 1.42. The molecule has 1 heterocycles. The van der Waals surface area contributed by atoms with Crippen molar-refractivity contribution in [2.45, 2.75) is 25.2 Å². The van der Waals surface area contributed by atoms with Crippen molar-refractivity contribution < 1.29 is 9.53 Å². The minimum atomic E-state index is -0.0809. The van der Waals surface area contributed by atoms with E-state index >= 15 is 0 Å². The first-order valence-electron chi connectivity index (χ1n) is 4.92. The van der Waals surface area contributed by atoms with E-state index in [1.807, 2.05) is 18.2 Å². The maximum absolute atomic E-state index is 11.2. The number of carbonyl (C=O) groups is 1. The lowest BCUT2D eigenvalue weighted by atomic mass is 9.76. The monoisotopic (exact) mass is 190 g/mol. The zero-order valence-corrected chi connectivity index (χ0v) is 8.32. The Kier molecular flexibility index (Phi) is 2.28. The van der Waals surface area contributed by atoms with Gasteiger partial charge in [0.05, 0.1) is 13.0 Å². The summed E-state index contributed by atoms with van der Waals surface area (Å²) in [6, 6.07) is 10.2. The first-order chi connectivity index (χ1) is 6.71. The van der Waals surface area contributed by atoms with Gasteiger partial charge in [-0.25, -0.2) is 0 Å². The molecule has 2 nitrogen and oxygen atoms in total. The highest BCUT2D eigenvalue weighted by Gasteiger charge is 2.33. The van der Waals surface area contributed by atoms with Crippen molar-refractivity contribution in [3.05, 3.63) is 35.9 Å². The van der Waals surface area contributed by atoms with Gasteiger partial charge in [0.15, 0.2) is 0 Å². The topological polar surface area (TPSA) is 26.3 Å². The number of carbonyl (C=O) groups excluding carboxylic acids is 1. The quantitative estimate of drug-likeness (QED) is 0.635. The minimum Gasteiger partial charge on any atom is -0.466 e. The fourth-order valence-electron chi connectivity index (χ4n) is 1.94. The SMILES string of the molecule is C[C@@]1(c2ccccc2)CCOC(=O)C1. The van der Waals surface area contributed by atoms with E-state index in [1.54, 1.807) is 0 Å².